The van der Waals surface area contributed by atoms with Crippen LogP contribution in [0.2, 0.25) is 5.02 Å². The van der Waals surface area contributed by atoms with Crippen molar-refractivity contribution in [3.63, 3.8) is 0 Å². The fourth-order valence-electron chi connectivity index (χ4n) is 3.13. The smallest absolute Gasteiger partial charge is 0.0406 e. The molecule has 1 fully saturated rings. The molecule has 0 aromatic heterocycles. The highest BCUT2D eigenvalue weighted by molar-refractivity contribution is 6.30. The maximum absolute atomic E-state index is 6.01. The van der Waals surface area contributed by atoms with E-state index in [0.29, 0.717) is 11.3 Å². The number of hydrogen-bond acceptors (Lipinski definition) is 1. The van der Waals surface area contributed by atoms with Gasteiger partial charge in [-0.1, -0.05) is 37.6 Å². The molecule has 0 spiro atoms. The maximum atomic E-state index is 6.01. The monoisotopic (exact) mass is 265 g/mol. The molecule has 1 saturated carbocycles. The fourth-order valence-corrected chi connectivity index (χ4v) is 3.26. The number of rotatable bonds is 3. The standard InChI is InChI=1S/C16H24ClN/c1-16(2)9-7-13(8-10-16)15(11-18)12-3-5-14(17)6-4-12/h3-6,13,15H,7-11,18H2,1-2H3/t15-/m0/s1. The Hall–Kier alpha value is -0.530. The summed E-state index contributed by atoms with van der Waals surface area (Å²) in [5, 5.41) is 0.805. The van der Waals surface area contributed by atoms with Crippen LogP contribution in [-0.2, 0) is 0 Å². The molecule has 18 heavy (non-hydrogen) atoms. The first-order valence-electron chi connectivity index (χ1n) is 6.97. The lowest BCUT2D eigenvalue weighted by molar-refractivity contribution is 0.173. The number of halogens is 1. The lowest BCUT2D eigenvalue weighted by atomic mass is 9.68. The van der Waals surface area contributed by atoms with Gasteiger partial charge in [0, 0.05) is 5.02 Å². The Balaban J connectivity index is 2.08. The van der Waals surface area contributed by atoms with E-state index in [2.05, 4.69) is 26.0 Å². The first kappa shape index (κ1) is 13.9. The lowest BCUT2D eigenvalue weighted by Gasteiger charge is -2.38. The molecule has 2 N–H and O–H groups in total. The van der Waals surface area contributed by atoms with Crippen LogP contribution in [0.3, 0.4) is 0 Å². The van der Waals surface area contributed by atoms with Crippen LogP contribution >= 0.6 is 11.6 Å². The summed E-state index contributed by atoms with van der Waals surface area (Å²) in [4.78, 5) is 0. The molecule has 1 aliphatic carbocycles. The minimum absolute atomic E-state index is 0.498. The number of benzene rings is 1. The average Bonchev–Trinajstić information content (AvgIpc) is 2.34. The van der Waals surface area contributed by atoms with Gasteiger partial charge in [-0.2, -0.15) is 0 Å². The van der Waals surface area contributed by atoms with Crippen molar-refractivity contribution >= 4 is 11.6 Å². The van der Waals surface area contributed by atoms with E-state index >= 15 is 0 Å². The first-order valence-corrected chi connectivity index (χ1v) is 7.35. The third kappa shape index (κ3) is 3.27. The summed E-state index contributed by atoms with van der Waals surface area (Å²) >= 11 is 5.95. The van der Waals surface area contributed by atoms with E-state index in [1.54, 1.807) is 0 Å². The van der Waals surface area contributed by atoms with Crippen molar-refractivity contribution in [3.05, 3.63) is 34.9 Å². The summed E-state index contributed by atoms with van der Waals surface area (Å²) in [5.41, 5.74) is 7.89. The highest BCUT2D eigenvalue weighted by Crippen LogP contribution is 2.43. The maximum Gasteiger partial charge on any atom is 0.0406 e. The lowest BCUT2D eigenvalue weighted by Crippen LogP contribution is -2.28. The number of nitrogens with two attached hydrogens (primary N) is 1. The predicted molar refractivity (Wildman–Crippen MR) is 79.0 cm³/mol. The third-order valence-corrected chi connectivity index (χ3v) is 4.76. The summed E-state index contributed by atoms with van der Waals surface area (Å²) in [6.07, 6.45) is 5.25. The molecule has 0 aliphatic heterocycles. The molecule has 1 aromatic rings. The van der Waals surface area contributed by atoms with Crippen LogP contribution in [0.5, 0.6) is 0 Å². The molecule has 100 valence electrons. The molecular weight excluding hydrogens is 242 g/mol. The second-order valence-corrected chi connectivity index (χ2v) is 6.83. The van der Waals surface area contributed by atoms with Crippen LogP contribution < -0.4 is 5.73 Å². The Morgan fingerprint density at radius 1 is 1.22 bits per heavy atom. The normalized spacial score (nSPS) is 21.8. The molecule has 1 nitrogen and oxygen atoms in total. The van der Waals surface area contributed by atoms with Gasteiger partial charge in [0.2, 0.25) is 0 Å². The molecule has 2 rings (SSSR count). The molecule has 1 atom stereocenters. The highest BCUT2D eigenvalue weighted by atomic mass is 35.5. The van der Waals surface area contributed by atoms with Crippen LogP contribution in [0.15, 0.2) is 24.3 Å². The van der Waals surface area contributed by atoms with E-state index in [9.17, 15) is 0 Å². The van der Waals surface area contributed by atoms with E-state index in [-0.39, 0.29) is 0 Å². The molecule has 0 heterocycles. The van der Waals surface area contributed by atoms with E-state index < -0.39 is 0 Å². The van der Waals surface area contributed by atoms with Crippen molar-refractivity contribution in [2.45, 2.75) is 45.4 Å². The Morgan fingerprint density at radius 2 is 1.78 bits per heavy atom. The van der Waals surface area contributed by atoms with Crippen molar-refractivity contribution < 1.29 is 0 Å². The Kier molecular flexibility index (Phi) is 4.34. The molecule has 0 bridgehead atoms. The summed E-state index contributed by atoms with van der Waals surface area (Å²) in [6, 6.07) is 8.23. The topological polar surface area (TPSA) is 26.0 Å². The van der Waals surface area contributed by atoms with Gasteiger partial charge in [0.1, 0.15) is 0 Å². The molecule has 1 aromatic carbocycles. The largest absolute Gasteiger partial charge is 0.330 e. The minimum atomic E-state index is 0.498. The van der Waals surface area contributed by atoms with E-state index in [0.717, 1.165) is 17.5 Å². The Labute approximate surface area is 116 Å². The van der Waals surface area contributed by atoms with Gasteiger partial charge in [-0.3, -0.25) is 0 Å². The summed E-state index contributed by atoms with van der Waals surface area (Å²) in [5.74, 6) is 1.24. The molecule has 2 heteroatoms. The van der Waals surface area contributed by atoms with Crippen molar-refractivity contribution in [2.24, 2.45) is 17.1 Å². The molecule has 0 radical (unpaired) electrons. The van der Waals surface area contributed by atoms with Crippen LogP contribution in [0.4, 0.5) is 0 Å². The van der Waals surface area contributed by atoms with Gasteiger partial charge < -0.3 is 5.73 Å². The second kappa shape index (κ2) is 5.63. The Bertz CT molecular complexity index is 373. The first-order chi connectivity index (χ1) is 8.52. The zero-order valence-corrected chi connectivity index (χ0v) is 12.2. The molecule has 1 aliphatic rings. The van der Waals surface area contributed by atoms with Gasteiger partial charge in [0.25, 0.3) is 0 Å². The molecule has 0 unspecified atom stereocenters. The summed E-state index contributed by atoms with van der Waals surface area (Å²) in [6.45, 7) is 5.50. The van der Waals surface area contributed by atoms with Crippen LogP contribution in [-0.4, -0.2) is 6.54 Å². The van der Waals surface area contributed by atoms with Gasteiger partial charge in [0.15, 0.2) is 0 Å². The third-order valence-electron chi connectivity index (χ3n) is 4.50. The van der Waals surface area contributed by atoms with Gasteiger partial charge >= 0.3 is 0 Å². The summed E-state index contributed by atoms with van der Waals surface area (Å²) < 4.78 is 0. The van der Waals surface area contributed by atoms with Crippen LogP contribution in [0.1, 0.15) is 51.0 Å². The van der Waals surface area contributed by atoms with E-state index in [1.807, 2.05) is 12.1 Å². The van der Waals surface area contributed by atoms with E-state index in [1.165, 1.54) is 31.2 Å². The fraction of sp³-hybridized carbons (Fsp3) is 0.625. The van der Waals surface area contributed by atoms with Crippen LogP contribution in [0.25, 0.3) is 0 Å². The zero-order chi connectivity index (χ0) is 13.2. The van der Waals surface area contributed by atoms with E-state index in [4.69, 9.17) is 17.3 Å². The molecule has 0 amide bonds. The van der Waals surface area contributed by atoms with Crippen molar-refractivity contribution in [1.29, 1.82) is 0 Å². The number of hydrogen-bond donors (Lipinski definition) is 1. The molecule has 0 saturated heterocycles. The summed E-state index contributed by atoms with van der Waals surface area (Å²) in [7, 11) is 0. The predicted octanol–water partition coefficient (Wildman–Crippen LogP) is 4.60. The Morgan fingerprint density at radius 3 is 2.28 bits per heavy atom. The van der Waals surface area contributed by atoms with Crippen molar-refractivity contribution in [2.75, 3.05) is 6.54 Å². The quantitative estimate of drug-likeness (QED) is 0.849. The molecular formula is C16H24ClN. The highest BCUT2D eigenvalue weighted by Gasteiger charge is 2.31. The van der Waals surface area contributed by atoms with Crippen molar-refractivity contribution in [3.8, 4) is 0 Å². The minimum Gasteiger partial charge on any atom is -0.330 e. The van der Waals surface area contributed by atoms with Gasteiger partial charge in [-0.25, -0.2) is 0 Å². The van der Waals surface area contributed by atoms with Crippen LogP contribution in [0, 0.1) is 11.3 Å². The van der Waals surface area contributed by atoms with Gasteiger partial charge in [-0.15, -0.1) is 0 Å². The van der Waals surface area contributed by atoms with Gasteiger partial charge in [-0.05, 0) is 67.2 Å². The SMILES string of the molecule is CC1(C)CCC([C@@H](CN)c2ccc(Cl)cc2)CC1. The van der Waals surface area contributed by atoms with Crippen molar-refractivity contribution in [1.82, 2.24) is 0 Å². The zero-order valence-electron chi connectivity index (χ0n) is 11.5. The second-order valence-electron chi connectivity index (χ2n) is 6.40. The average molecular weight is 266 g/mol. The van der Waals surface area contributed by atoms with Gasteiger partial charge in [0.05, 0.1) is 0 Å².